The van der Waals surface area contributed by atoms with Crippen LogP contribution in [0.3, 0.4) is 0 Å². The molecule has 0 aromatic heterocycles. The Morgan fingerprint density at radius 1 is 1.56 bits per heavy atom. The zero-order valence-electron chi connectivity index (χ0n) is 6.09. The number of fused-ring (bicyclic) bond motifs is 1. The summed E-state index contributed by atoms with van der Waals surface area (Å²) in [5, 5.41) is 3.34. The van der Waals surface area contributed by atoms with Gasteiger partial charge in [0.2, 0.25) is 0 Å². The van der Waals surface area contributed by atoms with Gasteiger partial charge in [0.05, 0.1) is 0 Å². The number of nitrogens with zero attached hydrogens (tertiary/aromatic N) is 1. The first-order chi connectivity index (χ1) is 4.33. The molecule has 1 aliphatic heterocycles. The van der Waals surface area contributed by atoms with E-state index < -0.39 is 0 Å². The highest BCUT2D eigenvalue weighted by atomic mass is 15.2. The van der Waals surface area contributed by atoms with Crippen LogP contribution in [0.4, 0.5) is 0 Å². The van der Waals surface area contributed by atoms with Gasteiger partial charge in [-0.3, -0.25) is 0 Å². The standard InChI is InChI=1S/C7H14N2/c1-8-6-4-9(2)7-3-5(6)7/h5-8H,3-4H2,1-2H3. The fourth-order valence-electron chi connectivity index (χ4n) is 2.03. The Balaban J connectivity index is 2.00. The van der Waals surface area contributed by atoms with Crippen molar-refractivity contribution in [3.63, 3.8) is 0 Å². The zero-order chi connectivity index (χ0) is 6.43. The summed E-state index contributed by atoms with van der Waals surface area (Å²) in [5.41, 5.74) is 0. The minimum Gasteiger partial charge on any atom is -0.315 e. The Morgan fingerprint density at radius 3 is 2.56 bits per heavy atom. The Hall–Kier alpha value is -0.0800. The predicted octanol–water partition coefficient (Wildman–Crippen LogP) is -0.0917. The van der Waals surface area contributed by atoms with Gasteiger partial charge in [0.15, 0.2) is 0 Å². The highest BCUT2D eigenvalue weighted by Crippen LogP contribution is 2.43. The first kappa shape index (κ1) is 5.69. The number of hydrogen-bond donors (Lipinski definition) is 1. The second-order valence-corrected chi connectivity index (χ2v) is 3.30. The molecular formula is C7H14N2. The van der Waals surface area contributed by atoms with Crippen LogP contribution in [0.5, 0.6) is 0 Å². The molecule has 1 N–H and O–H groups in total. The van der Waals surface area contributed by atoms with Crippen LogP contribution in [0.1, 0.15) is 6.42 Å². The number of nitrogens with one attached hydrogen (secondary N) is 1. The molecule has 52 valence electrons. The van der Waals surface area contributed by atoms with Crippen molar-refractivity contribution in [1.82, 2.24) is 10.2 Å². The maximum atomic E-state index is 3.34. The molecule has 2 nitrogen and oxygen atoms in total. The average Bonchev–Trinajstić information content (AvgIpc) is 2.56. The lowest BCUT2D eigenvalue weighted by molar-refractivity contribution is 0.347. The molecule has 1 aliphatic carbocycles. The van der Waals surface area contributed by atoms with Crippen molar-refractivity contribution in [2.24, 2.45) is 5.92 Å². The maximum Gasteiger partial charge on any atom is 0.0235 e. The van der Waals surface area contributed by atoms with Gasteiger partial charge < -0.3 is 10.2 Å². The van der Waals surface area contributed by atoms with E-state index in [2.05, 4.69) is 24.3 Å². The third-order valence-corrected chi connectivity index (χ3v) is 2.74. The normalized spacial score (nSPS) is 49.3. The van der Waals surface area contributed by atoms with E-state index in [4.69, 9.17) is 0 Å². The van der Waals surface area contributed by atoms with Gasteiger partial charge in [0, 0.05) is 18.6 Å². The van der Waals surface area contributed by atoms with E-state index in [0.29, 0.717) is 0 Å². The van der Waals surface area contributed by atoms with Crippen molar-refractivity contribution < 1.29 is 0 Å². The van der Waals surface area contributed by atoms with Crippen LogP contribution in [0.2, 0.25) is 0 Å². The van der Waals surface area contributed by atoms with Crippen LogP contribution in [0.15, 0.2) is 0 Å². The van der Waals surface area contributed by atoms with Crippen LogP contribution < -0.4 is 5.32 Å². The number of hydrogen-bond acceptors (Lipinski definition) is 2. The van der Waals surface area contributed by atoms with Gasteiger partial charge in [-0.25, -0.2) is 0 Å². The van der Waals surface area contributed by atoms with Crippen LogP contribution >= 0.6 is 0 Å². The van der Waals surface area contributed by atoms with Crippen molar-refractivity contribution in [3.05, 3.63) is 0 Å². The Morgan fingerprint density at radius 2 is 2.33 bits per heavy atom. The molecule has 2 aliphatic rings. The van der Waals surface area contributed by atoms with Crippen LogP contribution in [-0.2, 0) is 0 Å². The summed E-state index contributed by atoms with van der Waals surface area (Å²) in [6, 6.07) is 1.72. The average molecular weight is 126 g/mol. The fraction of sp³-hybridized carbons (Fsp3) is 1.00. The second-order valence-electron chi connectivity index (χ2n) is 3.30. The zero-order valence-corrected chi connectivity index (χ0v) is 6.09. The van der Waals surface area contributed by atoms with E-state index in [9.17, 15) is 0 Å². The van der Waals surface area contributed by atoms with Gasteiger partial charge in [-0.05, 0) is 26.4 Å². The van der Waals surface area contributed by atoms with Gasteiger partial charge in [-0.1, -0.05) is 0 Å². The quantitative estimate of drug-likeness (QED) is 0.528. The Kier molecular flexibility index (Phi) is 1.08. The maximum absolute atomic E-state index is 3.34. The smallest absolute Gasteiger partial charge is 0.0235 e. The van der Waals surface area contributed by atoms with Crippen molar-refractivity contribution >= 4 is 0 Å². The third kappa shape index (κ3) is 0.700. The highest BCUT2D eigenvalue weighted by molar-refractivity contribution is 5.07. The molecule has 1 saturated heterocycles. The van der Waals surface area contributed by atoms with Crippen LogP contribution in [-0.4, -0.2) is 37.6 Å². The van der Waals surface area contributed by atoms with E-state index in [1.165, 1.54) is 13.0 Å². The van der Waals surface area contributed by atoms with Crippen molar-refractivity contribution in [3.8, 4) is 0 Å². The first-order valence-corrected chi connectivity index (χ1v) is 3.70. The molecule has 3 unspecified atom stereocenters. The summed E-state index contributed by atoms with van der Waals surface area (Å²) >= 11 is 0. The largest absolute Gasteiger partial charge is 0.315 e. The molecule has 2 fully saturated rings. The molecule has 0 radical (unpaired) electrons. The molecule has 0 aromatic carbocycles. The minimum atomic E-state index is 0.792. The molecule has 0 bridgehead atoms. The van der Waals surface area contributed by atoms with E-state index in [1.807, 2.05) is 0 Å². The minimum absolute atomic E-state index is 0.792. The summed E-state index contributed by atoms with van der Waals surface area (Å²) in [5.74, 6) is 0.986. The van der Waals surface area contributed by atoms with E-state index in [1.54, 1.807) is 0 Å². The van der Waals surface area contributed by atoms with E-state index in [0.717, 1.165) is 18.0 Å². The third-order valence-electron chi connectivity index (χ3n) is 2.74. The molecule has 2 heteroatoms. The number of likely N-dealkylation sites (tertiary alicyclic amines) is 1. The monoisotopic (exact) mass is 126 g/mol. The SMILES string of the molecule is CNC1CN(C)C2CC12. The Labute approximate surface area is 56.2 Å². The number of rotatable bonds is 1. The van der Waals surface area contributed by atoms with Gasteiger partial charge in [0.1, 0.15) is 0 Å². The van der Waals surface area contributed by atoms with E-state index in [-0.39, 0.29) is 0 Å². The molecule has 3 atom stereocenters. The Bertz CT molecular complexity index is 124. The fourth-order valence-corrected chi connectivity index (χ4v) is 2.03. The lowest BCUT2D eigenvalue weighted by Gasteiger charge is -2.13. The summed E-state index contributed by atoms with van der Waals surface area (Å²) < 4.78 is 0. The lowest BCUT2D eigenvalue weighted by atomic mass is 10.2. The summed E-state index contributed by atoms with van der Waals surface area (Å²) in [6.07, 6.45) is 1.43. The number of piperidine rings is 1. The number of likely N-dealkylation sites (N-methyl/N-ethyl adjacent to an activating group) is 2. The molecule has 1 saturated carbocycles. The van der Waals surface area contributed by atoms with Crippen molar-refractivity contribution in [2.75, 3.05) is 20.6 Å². The molecule has 0 amide bonds. The highest BCUT2D eigenvalue weighted by Gasteiger charge is 2.50. The summed E-state index contributed by atoms with van der Waals surface area (Å²) in [6.45, 7) is 1.26. The van der Waals surface area contributed by atoms with Crippen molar-refractivity contribution in [1.29, 1.82) is 0 Å². The molecule has 1 heterocycles. The first-order valence-electron chi connectivity index (χ1n) is 3.70. The molecule has 9 heavy (non-hydrogen) atoms. The topological polar surface area (TPSA) is 15.3 Å². The second kappa shape index (κ2) is 1.70. The molecule has 2 rings (SSSR count). The van der Waals surface area contributed by atoms with Gasteiger partial charge in [0.25, 0.3) is 0 Å². The molecular weight excluding hydrogens is 112 g/mol. The van der Waals surface area contributed by atoms with Gasteiger partial charge >= 0.3 is 0 Å². The summed E-state index contributed by atoms with van der Waals surface area (Å²) in [4.78, 5) is 2.46. The summed E-state index contributed by atoms with van der Waals surface area (Å²) in [7, 11) is 4.29. The lowest BCUT2D eigenvalue weighted by Crippen LogP contribution is -2.32. The van der Waals surface area contributed by atoms with Crippen molar-refractivity contribution in [2.45, 2.75) is 18.5 Å². The molecule has 0 spiro atoms. The predicted molar refractivity (Wildman–Crippen MR) is 37.4 cm³/mol. The van der Waals surface area contributed by atoms with E-state index >= 15 is 0 Å². The van der Waals surface area contributed by atoms with Gasteiger partial charge in [-0.15, -0.1) is 0 Å². The van der Waals surface area contributed by atoms with Crippen LogP contribution in [0.25, 0.3) is 0 Å². The van der Waals surface area contributed by atoms with Gasteiger partial charge in [-0.2, -0.15) is 0 Å². The molecule has 0 aromatic rings. The van der Waals surface area contributed by atoms with Crippen LogP contribution in [0, 0.1) is 5.92 Å².